The monoisotopic (exact) mass is 226 g/mol. The molecule has 0 bridgehead atoms. The maximum Gasteiger partial charge on any atom is 0.357 e. The number of carbonyl (C=O) groups is 1. The van der Waals surface area contributed by atoms with E-state index in [4.69, 9.17) is 14.3 Å². The lowest BCUT2D eigenvalue weighted by molar-refractivity contribution is 0.0611. The number of morpholine rings is 1. The Labute approximate surface area is 92.8 Å². The average molecular weight is 226 g/mol. The molecule has 0 atom stereocenters. The molecule has 6 heteroatoms. The zero-order chi connectivity index (χ0) is 11.8. The molecule has 1 saturated heterocycles. The van der Waals surface area contributed by atoms with E-state index in [2.05, 4.69) is 4.98 Å². The number of anilines is 1. The van der Waals surface area contributed by atoms with Crippen molar-refractivity contribution in [2.24, 2.45) is 0 Å². The Morgan fingerprint density at radius 3 is 2.94 bits per heavy atom. The molecule has 16 heavy (non-hydrogen) atoms. The lowest BCUT2D eigenvalue weighted by Crippen LogP contribution is -2.53. The van der Waals surface area contributed by atoms with Gasteiger partial charge in [-0.05, 0) is 13.8 Å². The van der Waals surface area contributed by atoms with E-state index in [1.54, 1.807) is 0 Å². The molecule has 1 aliphatic rings. The molecular weight excluding hydrogens is 212 g/mol. The summed E-state index contributed by atoms with van der Waals surface area (Å²) in [4.78, 5) is 16.5. The molecule has 0 aromatic carbocycles. The van der Waals surface area contributed by atoms with Gasteiger partial charge in [0.15, 0.2) is 5.69 Å². The molecule has 6 nitrogen and oxygen atoms in total. The number of aromatic carboxylic acids is 1. The van der Waals surface area contributed by atoms with Gasteiger partial charge in [0, 0.05) is 6.54 Å². The number of rotatable bonds is 2. The Morgan fingerprint density at radius 1 is 1.62 bits per heavy atom. The van der Waals surface area contributed by atoms with Crippen LogP contribution in [0, 0.1) is 0 Å². The number of carboxylic acids is 1. The fourth-order valence-corrected chi connectivity index (χ4v) is 1.70. The average Bonchev–Trinajstić information content (AvgIpc) is 2.65. The predicted molar refractivity (Wildman–Crippen MR) is 55.7 cm³/mol. The van der Waals surface area contributed by atoms with Crippen molar-refractivity contribution in [3.8, 4) is 0 Å². The third-order valence-corrected chi connectivity index (χ3v) is 2.59. The number of aromatic nitrogens is 1. The Balaban J connectivity index is 2.25. The van der Waals surface area contributed by atoms with Crippen LogP contribution in [0.25, 0.3) is 0 Å². The van der Waals surface area contributed by atoms with Crippen molar-refractivity contribution >= 4 is 12.0 Å². The summed E-state index contributed by atoms with van der Waals surface area (Å²) in [7, 11) is 0. The predicted octanol–water partition coefficient (Wildman–Crippen LogP) is 0.988. The Hall–Kier alpha value is -1.56. The Bertz CT molecular complexity index is 399. The van der Waals surface area contributed by atoms with Gasteiger partial charge >= 0.3 is 5.97 Å². The quantitative estimate of drug-likeness (QED) is 0.810. The van der Waals surface area contributed by atoms with Crippen LogP contribution in [0.1, 0.15) is 24.3 Å². The smallest absolute Gasteiger partial charge is 0.357 e. The van der Waals surface area contributed by atoms with Crippen LogP contribution in [0.2, 0.25) is 0 Å². The van der Waals surface area contributed by atoms with Crippen molar-refractivity contribution in [1.82, 2.24) is 4.98 Å². The van der Waals surface area contributed by atoms with Crippen LogP contribution in [0.15, 0.2) is 10.7 Å². The number of ether oxygens (including phenoxy) is 1. The van der Waals surface area contributed by atoms with E-state index < -0.39 is 5.97 Å². The van der Waals surface area contributed by atoms with E-state index >= 15 is 0 Å². The van der Waals surface area contributed by atoms with E-state index in [1.807, 2.05) is 18.7 Å². The van der Waals surface area contributed by atoms with E-state index in [0.29, 0.717) is 25.8 Å². The molecule has 1 fully saturated rings. The molecule has 0 unspecified atom stereocenters. The minimum Gasteiger partial charge on any atom is -0.476 e. The molecule has 1 aliphatic heterocycles. The number of carboxylic acid groups (broad SMARTS) is 1. The van der Waals surface area contributed by atoms with Gasteiger partial charge in [0.25, 0.3) is 6.01 Å². The highest BCUT2D eigenvalue weighted by molar-refractivity contribution is 5.85. The summed E-state index contributed by atoms with van der Waals surface area (Å²) in [6, 6.07) is 0.339. The molecule has 0 radical (unpaired) electrons. The van der Waals surface area contributed by atoms with Crippen molar-refractivity contribution < 1.29 is 19.1 Å². The lowest BCUT2D eigenvalue weighted by atomic mass is 10.0. The van der Waals surface area contributed by atoms with Crippen molar-refractivity contribution in [2.45, 2.75) is 19.4 Å². The summed E-state index contributed by atoms with van der Waals surface area (Å²) >= 11 is 0. The summed E-state index contributed by atoms with van der Waals surface area (Å²) in [5, 5.41) is 8.76. The van der Waals surface area contributed by atoms with Gasteiger partial charge < -0.3 is 19.2 Å². The van der Waals surface area contributed by atoms with Gasteiger partial charge in [-0.25, -0.2) is 4.79 Å². The van der Waals surface area contributed by atoms with Gasteiger partial charge in [0.1, 0.15) is 6.26 Å². The van der Waals surface area contributed by atoms with Crippen molar-refractivity contribution in [3.63, 3.8) is 0 Å². The van der Waals surface area contributed by atoms with Crippen LogP contribution < -0.4 is 4.90 Å². The van der Waals surface area contributed by atoms with Crippen LogP contribution in [0.3, 0.4) is 0 Å². The van der Waals surface area contributed by atoms with E-state index in [1.165, 1.54) is 0 Å². The SMILES string of the molecule is CC1(C)COCCN1c1nc(C(=O)O)co1. The van der Waals surface area contributed by atoms with Gasteiger partial charge in [-0.1, -0.05) is 0 Å². The van der Waals surface area contributed by atoms with Gasteiger partial charge in [-0.2, -0.15) is 4.98 Å². The number of hydrogen-bond acceptors (Lipinski definition) is 5. The van der Waals surface area contributed by atoms with Gasteiger partial charge in [-0.3, -0.25) is 0 Å². The highest BCUT2D eigenvalue weighted by atomic mass is 16.5. The lowest BCUT2D eigenvalue weighted by Gasteiger charge is -2.40. The van der Waals surface area contributed by atoms with Gasteiger partial charge in [0.2, 0.25) is 0 Å². The first-order chi connectivity index (χ1) is 7.50. The molecular formula is C10H14N2O4. The second-order valence-corrected chi connectivity index (χ2v) is 4.34. The first-order valence-electron chi connectivity index (χ1n) is 5.05. The molecule has 1 aromatic heterocycles. The molecule has 2 rings (SSSR count). The fraction of sp³-hybridized carbons (Fsp3) is 0.600. The molecule has 0 saturated carbocycles. The largest absolute Gasteiger partial charge is 0.476 e. The summed E-state index contributed by atoms with van der Waals surface area (Å²) in [6.07, 6.45) is 1.16. The number of oxazole rings is 1. The summed E-state index contributed by atoms with van der Waals surface area (Å²) in [5.74, 6) is -1.08. The molecule has 2 heterocycles. The maximum absolute atomic E-state index is 10.7. The van der Waals surface area contributed by atoms with Crippen molar-refractivity contribution in [2.75, 3.05) is 24.7 Å². The van der Waals surface area contributed by atoms with Gasteiger partial charge in [0.05, 0.1) is 18.8 Å². The molecule has 1 aromatic rings. The molecule has 0 aliphatic carbocycles. The summed E-state index contributed by atoms with van der Waals surface area (Å²) < 4.78 is 10.5. The van der Waals surface area contributed by atoms with Crippen LogP contribution in [-0.2, 0) is 4.74 Å². The normalized spacial score (nSPS) is 19.8. The number of nitrogens with zero attached hydrogens (tertiary/aromatic N) is 2. The molecule has 88 valence electrons. The van der Waals surface area contributed by atoms with Gasteiger partial charge in [-0.15, -0.1) is 0 Å². The fourth-order valence-electron chi connectivity index (χ4n) is 1.70. The second kappa shape index (κ2) is 3.79. The van der Waals surface area contributed by atoms with Crippen LogP contribution >= 0.6 is 0 Å². The number of hydrogen-bond donors (Lipinski definition) is 1. The van der Waals surface area contributed by atoms with E-state index in [-0.39, 0.29) is 11.2 Å². The second-order valence-electron chi connectivity index (χ2n) is 4.34. The Kier molecular flexibility index (Phi) is 2.59. The maximum atomic E-state index is 10.7. The zero-order valence-electron chi connectivity index (χ0n) is 9.27. The van der Waals surface area contributed by atoms with Crippen molar-refractivity contribution in [3.05, 3.63) is 12.0 Å². The first kappa shape index (κ1) is 10.9. The third-order valence-electron chi connectivity index (χ3n) is 2.59. The summed E-state index contributed by atoms with van der Waals surface area (Å²) in [5.41, 5.74) is -0.309. The minimum atomic E-state index is -1.08. The molecule has 0 spiro atoms. The van der Waals surface area contributed by atoms with Crippen LogP contribution in [0.5, 0.6) is 0 Å². The standard InChI is InChI=1S/C10H14N2O4/c1-10(2)6-15-4-3-12(10)9-11-7(5-16-9)8(13)14/h5H,3-4,6H2,1-2H3,(H,13,14). The molecule has 0 amide bonds. The van der Waals surface area contributed by atoms with E-state index in [0.717, 1.165) is 6.26 Å². The molecule has 1 N–H and O–H groups in total. The summed E-state index contributed by atoms with van der Waals surface area (Å²) in [6.45, 7) is 5.80. The van der Waals surface area contributed by atoms with E-state index in [9.17, 15) is 4.79 Å². The third kappa shape index (κ3) is 1.88. The minimum absolute atomic E-state index is 0.0720. The highest BCUT2D eigenvalue weighted by Crippen LogP contribution is 2.26. The van der Waals surface area contributed by atoms with Crippen LogP contribution in [0.4, 0.5) is 6.01 Å². The zero-order valence-corrected chi connectivity index (χ0v) is 9.27. The first-order valence-corrected chi connectivity index (χ1v) is 5.05. The highest BCUT2D eigenvalue weighted by Gasteiger charge is 2.33. The van der Waals surface area contributed by atoms with Crippen LogP contribution in [-0.4, -0.2) is 41.4 Å². The Morgan fingerprint density at radius 2 is 2.38 bits per heavy atom. The topological polar surface area (TPSA) is 75.8 Å². The van der Waals surface area contributed by atoms with Crippen molar-refractivity contribution in [1.29, 1.82) is 0 Å².